The molecule has 0 fully saturated rings. The lowest BCUT2D eigenvalue weighted by atomic mass is 10.0. The predicted octanol–water partition coefficient (Wildman–Crippen LogP) is 5.93. The van der Waals surface area contributed by atoms with E-state index in [1.807, 2.05) is 0 Å². The Labute approximate surface area is 153 Å². The molecule has 0 heterocycles. The highest BCUT2D eigenvalue weighted by molar-refractivity contribution is 5.29. The van der Waals surface area contributed by atoms with Gasteiger partial charge in [-0.05, 0) is 55.5 Å². The minimum Gasteiger partial charge on any atom is -0.494 e. The molecule has 0 saturated carbocycles. The van der Waals surface area contributed by atoms with Gasteiger partial charge in [0.05, 0.1) is 6.61 Å². The maximum absolute atomic E-state index is 5.80. The number of hydrogen-bond acceptors (Lipinski definition) is 2. The molecule has 25 heavy (non-hydrogen) atoms. The number of aryl methyl sites for hydroxylation is 1. The van der Waals surface area contributed by atoms with Gasteiger partial charge in [0.2, 0.25) is 0 Å². The maximum atomic E-state index is 5.80. The van der Waals surface area contributed by atoms with E-state index in [1.165, 1.54) is 30.4 Å². The summed E-state index contributed by atoms with van der Waals surface area (Å²) in [5.41, 5.74) is 2.77. The van der Waals surface area contributed by atoms with Crippen LogP contribution < -0.4 is 10.1 Å². The van der Waals surface area contributed by atoms with Crippen molar-refractivity contribution in [2.45, 2.75) is 58.4 Å². The molecule has 0 aliphatic heterocycles. The summed E-state index contributed by atoms with van der Waals surface area (Å²) in [7, 11) is 0. The number of rotatable bonds is 12. The first-order valence-corrected chi connectivity index (χ1v) is 9.83. The van der Waals surface area contributed by atoms with Crippen molar-refractivity contribution in [2.75, 3.05) is 13.2 Å². The van der Waals surface area contributed by atoms with Gasteiger partial charge in [0.25, 0.3) is 0 Å². The van der Waals surface area contributed by atoms with Gasteiger partial charge in [-0.3, -0.25) is 0 Å². The van der Waals surface area contributed by atoms with E-state index in [-0.39, 0.29) is 0 Å². The molecule has 2 nitrogen and oxygen atoms in total. The van der Waals surface area contributed by atoms with Gasteiger partial charge in [-0.1, -0.05) is 69.2 Å². The molecule has 2 rings (SSSR count). The first kappa shape index (κ1) is 19.5. The van der Waals surface area contributed by atoms with Crippen LogP contribution in [0.4, 0.5) is 0 Å². The number of nitrogens with one attached hydrogen (secondary N) is 1. The lowest BCUT2D eigenvalue weighted by Crippen LogP contribution is -2.22. The third-order valence-electron chi connectivity index (χ3n) is 4.58. The van der Waals surface area contributed by atoms with Gasteiger partial charge in [-0.15, -0.1) is 0 Å². The Morgan fingerprint density at radius 1 is 0.880 bits per heavy atom. The lowest BCUT2D eigenvalue weighted by Gasteiger charge is -2.18. The second-order valence-electron chi connectivity index (χ2n) is 6.63. The molecule has 0 aliphatic carbocycles. The van der Waals surface area contributed by atoms with Crippen LogP contribution in [0, 0.1) is 0 Å². The topological polar surface area (TPSA) is 21.3 Å². The summed E-state index contributed by atoms with van der Waals surface area (Å²) >= 11 is 0. The SMILES string of the molecule is CCCCCOc1ccc(C(CC)NCCCc2ccccc2)cc1. The monoisotopic (exact) mass is 339 g/mol. The van der Waals surface area contributed by atoms with E-state index in [2.05, 4.69) is 73.8 Å². The maximum Gasteiger partial charge on any atom is 0.119 e. The molecule has 0 bridgehead atoms. The van der Waals surface area contributed by atoms with Gasteiger partial charge in [0.1, 0.15) is 5.75 Å². The summed E-state index contributed by atoms with van der Waals surface area (Å²) in [6, 6.07) is 19.8. The Hall–Kier alpha value is -1.80. The normalized spacial score (nSPS) is 12.1. The second-order valence-corrected chi connectivity index (χ2v) is 6.63. The average Bonchev–Trinajstić information content (AvgIpc) is 2.67. The standard InChI is InChI=1S/C23H33NO/c1-3-5-9-19-25-22-16-14-21(15-17-22)23(4-2)24-18-10-13-20-11-7-6-8-12-20/h6-8,11-12,14-17,23-24H,3-5,9-10,13,18-19H2,1-2H3. The van der Waals surface area contributed by atoms with Crippen molar-refractivity contribution in [3.05, 3.63) is 65.7 Å². The van der Waals surface area contributed by atoms with Crippen molar-refractivity contribution in [1.29, 1.82) is 0 Å². The zero-order valence-corrected chi connectivity index (χ0v) is 15.8. The van der Waals surface area contributed by atoms with Crippen LogP contribution in [0.25, 0.3) is 0 Å². The summed E-state index contributed by atoms with van der Waals surface area (Å²) in [5, 5.41) is 3.69. The van der Waals surface area contributed by atoms with E-state index >= 15 is 0 Å². The molecule has 1 atom stereocenters. The third-order valence-corrected chi connectivity index (χ3v) is 4.58. The van der Waals surface area contributed by atoms with Crippen LogP contribution >= 0.6 is 0 Å². The zero-order valence-electron chi connectivity index (χ0n) is 15.8. The summed E-state index contributed by atoms with van der Waals surface area (Å²) in [4.78, 5) is 0. The first-order valence-electron chi connectivity index (χ1n) is 9.83. The summed E-state index contributed by atoms with van der Waals surface area (Å²) in [6.45, 7) is 6.32. The highest BCUT2D eigenvalue weighted by Gasteiger charge is 2.08. The summed E-state index contributed by atoms with van der Waals surface area (Å²) in [5.74, 6) is 0.985. The highest BCUT2D eigenvalue weighted by Crippen LogP contribution is 2.20. The number of benzene rings is 2. The van der Waals surface area contributed by atoms with Gasteiger partial charge in [0.15, 0.2) is 0 Å². The molecular formula is C23H33NO. The molecular weight excluding hydrogens is 306 g/mol. The Morgan fingerprint density at radius 3 is 2.32 bits per heavy atom. The van der Waals surface area contributed by atoms with Crippen molar-refractivity contribution in [3.8, 4) is 5.75 Å². The van der Waals surface area contributed by atoms with E-state index in [1.54, 1.807) is 0 Å². The van der Waals surface area contributed by atoms with Crippen LogP contribution in [-0.2, 0) is 6.42 Å². The minimum absolute atomic E-state index is 0.421. The smallest absolute Gasteiger partial charge is 0.119 e. The van der Waals surface area contributed by atoms with Crippen LogP contribution in [0.3, 0.4) is 0 Å². The van der Waals surface area contributed by atoms with Crippen LogP contribution in [0.1, 0.15) is 63.1 Å². The van der Waals surface area contributed by atoms with Crippen LogP contribution in [0.5, 0.6) is 5.75 Å². The molecule has 0 amide bonds. The molecule has 0 saturated heterocycles. The molecule has 2 aromatic carbocycles. The molecule has 2 aromatic rings. The van der Waals surface area contributed by atoms with Crippen LogP contribution in [-0.4, -0.2) is 13.2 Å². The molecule has 0 radical (unpaired) electrons. The van der Waals surface area contributed by atoms with Gasteiger partial charge in [-0.2, -0.15) is 0 Å². The Morgan fingerprint density at radius 2 is 1.64 bits per heavy atom. The highest BCUT2D eigenvalue weighted by atomic mass is 16.5. The van der Waals surface area contributed by atoms with Crippen molar-refractivity contribution in [3.63, 3.8) is 0 Å². The van der Waals surface area contributed by atoms with Crippen LogP contribution in [0.15, 0.2) is 54.6 Å². The molecule has 0 aromatic heterocycles. The lowest BCUT2D eigenvalue weighted by molar-refractivity contribution is 0.306. The quantitative estimate of drug-likeness (QED) is 0.484. The van der Waals surface area contributed by atoms with Crippen molar-refractivity contribution in [1.82, 2.24) is 5.32 Å². The number of ether oxygens (including phenoxy) is 1. The first-order chi connectivity index (χ1) is 12.3. The average molecular weight is 340 g/mol. The molecule has 1 unspecified atom stereocenters. The van der Waals surface area contributed by atoms with Crippen LogP contribution in [0.2, 0.25) is 0 Å². The van der Waals surface area contributed by atoms with Crippen molar-refractivity contribution >= 4 is 0 Å². The fourth-order valence-electron chi connectivity index (χ4n) is 3.05. The number of hydrogen-bond donors (Lipinski definition) is 1. The molecule has 1 N–H and O–H groups in total. The predicted molar refractivity (Wildman–Crippen MR) is 107 cm³/mol. The van der Waals surface area contributed by atoms with Gasteiger partial charge >= 0.3 is 0 Å². The van der Waals surface area contributed by atoms with E-state index in [0.29, 0.717) is 6.04 Å². The number of unbranched alkanes of at least 4 members (excludes halogenated alkanes) is 2. The van der Waals surface area contributed by atoms with E-state index in [4.69, 9.17) is 4.74 Å². The fraction of sp³-hybridized carbons (Fsp3) is 0.478. The molecule has 2 heteroatoms. The van der Waals surface area contributed by atoms with E-state index in [9.17, 15) is 0 Å². The Bertz CT molecular complexity index is 564. The van der Waals surface area contributed by atoms with Crippen molar-refractivity contribution in [2.24, 2.45) is 0 Å². The van der Waals surface area contributed by atoms with E-state index in [0.717, 1.165) is 38.2 Å². The summed E-state index contributed by atoms with van der Waals surface area (Å²) < 4.78 is 5.80. The summed E-state index contributed by atoms with van der Waals surface area (Å²) in [6.07, 6.45) is 7.01. The fourth-order valence-corrected chi connectivity index (χ4v) is 3.05. The van der Waals surface area contributed by atoms with Gasteiger partial charge in [-0.25, -0.2) is 0 Å². The molecule has 136 valence electrons. The van der Waals surface area contributed by atoms with E-state index < -0.39 is 0 Å². The van der Waals surface area contributed by atoms with Gasteiger partial charge in [0, 0.05) is 6.04 Å². The molecule has 0 aliphatic rings. The zero-order chi connectivity index (χ0) is 17.7. The largest absolute Gasteiger partial charge is 0.494 e. The Balaban J connectivity index is 1.73. The third kappa shape index (κ3) is 7.31. The molecule has 0 spiro atoms. The minimum atomic E-state index is 0.421. The van der Waals surface area contributed by atoms with Gasteiger partial charge < -0.3 is 10.1 Å². The second kappa shape index (κ2) is 11.7. The Kier molecular flexibility index (Phi) is 9.14. The van der Waals surface area contributed by atoms with Crippen molar-refractivity contribution < 1.29 is 4.74 Å².